The number of anilines is 2. The van der Waals surface area contributed by atoms with Crippen LogP contribution in [0.3, 0.4) is 0 Å². The number of carbonyl (C=O) groups excluding carboxylic acids is 1. The minimum absolute atomic E-state index is 0.139. The van der Waals surface area contributed by atoms with Crippen LogP contribution >= 0.6 is 23.2 Å². The lowest BCUT2D eigenvalue weighted by atomic mass is 10.2. The van der Waals surface area contributed by atoms with E-state index in [9.17, 15) is 4.79 Å². The Hall–Kier alpha value is -1.71. The molecule has 5 heteroatoms. The van der Waals surface area contributed by atoms with E-state index in [4.69, 9.17) is 23.2 Å². The molecule has 0 atom stereocenters. The lowest BCUT2D eigenvalue weighted by Gasteiger charge is -2.12. The fourth-order valence-electron chi connectivity index (χ4n) is 1.90. The Morgan fingerprint density at radius 1 is 1.10 bits per heavy atom. The van der Waals surface area contributed by atoms with E-state index in [2.05, 4.69) is 10.6 Å². The van der Waals surface area contributed by atoms with Gasteiger partial charge >= 0.3 is 0 Å². The molecule has 0 saturated heterocycles. The van der Waals surface area contributed by atoms with Crippen molar-refractivity contribution < 1.29 is 4.79 Å². The van der Waals surface area contributed by atoms with Crippen LogP contribution in [-0.2, 0) is 4.79 Å². The smallest absolute Gasteiger partial charge is 0.243 e. The summed E-state index contributed by atoms with van der Waals surface area (Å²) in [6, 6.07) is 10.9. The highest BCUT2D eigenvalue weighted by molar-refractivity contribution is 6.31. The van der Waals surface area contributed by atoms with Crippen molar-refractivity contribution in [2.75, 3.05) is 17.2 Å². The summed E-state index contributed by atoms with van der Waals surface area (Å²) in [5, 5.41) is 7.18. The highest BCUT2D eigenvalue weighted by Gasteiger charge is 2.07. The summed E-state index contributed by atoms with van der Waals surface area (Å²) in [6.07, 6.45) is 0. The molecule has 3 nitrogen and oxygen atoms in total. The molecule has 0 unspecified atom stereocenters. The van der Waals surface area contributed by atoms with E-state index in [0.717, 1.165) is 22.5 Å². The van der Waals surface area contributed by atoms with Crippen LogP contribution in [-0.4, -0.2) is 12.5 Å². The molecule has 2 rings (SSSR count). The average Bonchev–Trinajstić information content (AvgIpc) is 2.44. The van der Waals surface area contributed by atoms with Gasteiger partial charge in [0.15, 0.2) is 0 Å². The van der Waals surface area contributed by atoms with Gasteiger partial charge in [0, 0.05) is 21.4 Å². The van der Waals surface area contributed by atoms with E-state index in [1.807, 2.05) is 38.1 Å². The van der Waals surface area contributed by atoms with E-state index in [-0.39, 0.29) is 12.5 Å². The molecule has 110 valence electrons. The zero-order valence-electron chi connectivity index (χ0n) is 11.8. The van der Waals surface area contributed by atoms with Crippen molar-refractivity contribution in [2.45, 2.75) is 13.8 Å². The van der Waals surface area contributed by atoms with Crippen LogP contribution in [0.1, 0.15) is 11.1 Å². The maximum absolute atomic E-state index is 12.0. The molecule has 0 aliphatic rings. The van der Waals surface area contributed by atoms with Crippen molar-refractivity contribution in [2.24, 2.45) is 0 Å². The van der Waals surface area contributed by atoms with Gasteiger partial charge in [-0.3, -0.25) is 4.79 Å². The fraction of sp³-hybridized carbons (Fsp3) is 0.188. The lowest BCUT2D eigenvalue weighted by molar-refractivity contribution is -0.114. The van der Waals surface area contributed by atoms with E-state index >= 15 is 0 Å². The van der Waals surface area contributed by atoms with Crippen molar-refractivity contribution in [1.82, 2.24) is 0 Å². The second-order valence-corrected chi connectivity index (χ2v) is 5.62. The van der Waals surface area contributed by atoms with Gasteiger partial charge in [0.25, 0.3) is 0 Å². The Balaban J connectivity index is 1.99. The second-order valence-electron chi connectivity index (χ2n) is 4.77. The average molecular weight is 323 g/mol. The van der Waals surface area contributed by atoms with Crippen LogP contribution in [0.25, 0.3) is 0 Å². The van der Waals surface area contributed by atoms with Crippen molar-refractivity contribution in [3.63, 3.8) is 0 Å². The van der Waals surface area contributed by atoms with E-state index < -0.39 is 0 Å². The standard InChI is InChI=1S/C16H16Cl2N2O/c1-10-6-7-12(17)8-15(10)20-16(21)9-19-14-5-3-4-13(18)11(14)2/h3-8,19H,9H2,1-2H3,(H,20,21). The number of halogens is 2. The van der Waals surface area contributed by atoms with Crippen LogP contribution in [0, 0.1) is 13.8 Å². The van der Waals surface area contributed by atoms with Crippen LogP contribution < -0.4 is 10.6 Å². The van der Waals surface area contributed by atoms with Crippen molar-refractivity contribution in [3.8, 4) is 0 Å². The molecule has 0 aliphatic carbocycles. The number of hydrogen-bond acceptors (Lipinski definition) is 2. The summed E-state index contributed by atoms with van der Waals surface area (Å²) in [4.78, 5) is 12.0. The number of carbonyl (C=O) groups is 1. The molecule has 0 saturated carbocycles. The molecule has 0 radical (unpaired) electrons. The lowest BCUT2D eigenvalue weighted by Crippen LogP contribution is -2.22. The first kappa shape index (κ1) is 15.7. The molecule has 1 amide bonds. The molecule has 0 spiro atoms. The monoisotopic (exact) mass is 322 g/mol. The molecular formula is C16H16Cl2N2O. The quantitative estimate of drug-likeness (QED) is 0.859. The summed E-state index contributed by atoms with van der Waals surface area (Å²) in [5.74, 6) is -0.139. The summed E-state index contributed by atoms with van der Waals surface area (Å²) in [5.41, 5.74) is 3.45. The topological polar surface area (TPSA) is 41.1 Å². The third-order valence-electron chi connectivity index (χ3n) is 3.18. The molecule has 2 aromatic carbocycles. The van der Waals surface area contributed by atoms with E-state index in [1.54, 1.807) is 12.1 Å². The third kappa shape index (κ3) is 4.13. The summed E-state index contributed by atoms with van der Waals surface area (Å²) in [7, 11) is 0. The first-order chi connectivity index (χ1) is 9.97. The molecule has 0 bridgehead atoms. The molecule has 0 heterocycles. The fourth-order valence-corrected chi connectivity index (χ4v) is 2.24. The zero-order valence-corrected chi connectivity index (χ0v) is 13.3. The van der Waals surface area contributed by atoms with Gasteiger partial charge in [-0.05, 0) is 49.2 Å². The molecule has 0 aromatic heterocycles. The molecule has 0 fully saturated rings. The van der Waals surface area contributed by atoms with Gasteiger partial charge in [0.1, 0.15) is 0 Å². The highest BCUT2D eigenvalue weighted by Crippen LogP contribution is 2.23. The number of nitrogens with one attached hydrogen (secondary N) is 2. The van der Waals surface area contributed by atoms with E-state index in [1.165, 1.54) is 0 Å². The summed E-state index contributed by atoms with van der Waals surface area (Å²) in [6.45, 7) is 3.98. The Bertz CT molecular complexity index is 671. The van der Waals surface area contributed by atoms with Crippen LogP contribution in [0.15, 0.2) is 36.4 Å². The van der Waals surface area contributed by atoms with Gasteiger partial charge < -0.3 is 10.6 Å². The molecule has 0 aliphatic heterocycles. The minimum Gasteiger partial charge on any atom is -0.376 e. The van der Waals surface area contributed by atoms with Crippen molar-refractivity contribution >= 4 is 40.5 Å². The van der Waals surface area contributed by atoms with Crippen LogP contribution in [0.4, 0.5) is 11.4 Å². The normalized spacial score (nSPS) is 10.3. The molecule has 21 heavy (non-hydrogen) atoms. The van der Waals surface area contributed by atoms with Crippen LogP contribution in [0.5, 0.6) is 0 Å². The predicted molar refractivity (Wildman–Crippen MR) is 89.5 cm³/mol. The number of benzene rings is 2. The SMILES string of the molecule is Cc1ccc(Cl)cc1NC(=O)CNc1cccc(Cl)c1C. The first-order valence-electron chi connectivity index (χ1n) is 6.52. The third-order valence-corrected chi connectivity index (χ3v) is 3.83. The first-order valence-corrected chi connectivity index (χ1v) is 7.28. The van der Waals surface area contributed by atoms with Gasteiger partial charge in [0.05, 0.1) is 6.54 Å². The predicted octanol–water partition coefficient (Wildman–Crippen LogP) is 4.66. The maximum Gasteiger partial charge on any atom is 0.243 e. The Morgan fingerprint density at radius 2 is 1.86 bits per heavy atom. The number of hydrogen-bond donors (Lipinski definition) is 2. The number of amides is 1. The second kappa shape index (κ2) is 6.83. The van der Waals surface area contributed by atoms with Gasteiger partial charge in [-0.2, -0.15) is 0 Å². The Kier molecular flexibility index (Phi) is 5.10. The van der Waals surface area contributed by atoms with Crippen molar-refractivity contribution in [3.05, 3.63) is 57.6 Å². The van der Waals surface area contributed by atoms with Crippen molar-refractivity contribution in [1.29, 1.82) is 0 Å². The van der Waals surface area contributed by atoms with Gasteiger partial charge in [0.2, 0.25) is 5.91 Å². The molecule has 2 N–H and O–H groups in total. The number of rotatable bonds is 4. The van der Waals surface area contributed by atoms with Crippen LogP contribution in [0.2, 0.25) is 10.0 Å². The highest BCUT2D eigenvalue weighted by atomic mass is 35.5. The van der Waals surface area contributed by atoms with E-state index in [0.29, 0.717) is 10.0 Å². The zero-order chi connectivity index (χ0) is 15.4. The summed E-state index contributed by atoms with van der Waals surface area (Å²) >= 11 is 12.0. The van der Waals surface area contributed by atoms with Gasteiger partial charge in [-0.1, -0.05) is 35.3 Å². The van der Waals surface area contributed by atoms with Gasteiger partial charge in [-0.15, -0.1) is 0 Å². The van der Waals surface area contributed by atoms with Gasteiger partial charge in [-0.25, -0.2) is 0 Å². The number of aryl methyl sites for hydroxylation is 1. The Labute approximate surface area is 134 Å². The summed E-state index contributed by atoms with van der Waals surface area (Å²) < 4.78 is 0. The minimum atomic E-state index is -0.139. The Morgan fingerprint density at radius 3 is 2.62 bits per heavy atom. The molecular weight excluding hydrogens is 307 g/mol. The molecule has 2 aromatic rings. The maximum atomic E-state index is 12.0. The largest absolute Gasteiger partial charge is 0.376 e.